The second kappa shape index (κ2) is 7.80. The second-order valence-electron chi connectivity index (χ2n) is 4.23. The number of rotatable bonds is 7. The van der Waals surface area contributed by atoms with E-state index in [1.54, 1.807) is 6.07 Å². The molecule has 0 heterocycles. The summed E-state index contributed by atoms with van der Waals surface area (Å²) >= 11 is 3.19. The van der Waals surface area contributed by atoms with Crippen LogP contribution in [0.4, 0.5) is 4.39 Å². The lowest BCUT2D eigenvalue weighted by Crippen LogP contribution is -2.36. The molecule has 1 rings (SSSR count). The first-order valence-electron chi connectivity index (χ1n) is 6.01. The van der Waals surface area contributed by atoms with Crippen LogP contribution >= 0.6 is 15.9 Å². The lowest BCUT2D eigenvalue weighted by atomic mass is 10.2. The fourth-order valence-corrected chi connectivity index (χ4v) is 1.94. The Morgan fingerprint density at radius 1 is 1.41 bits per heavy atom. The molecule has 0 aromatic heterocycles. The molecular formula is C13H20BrFN2. The van der Waals surface area contributed by atoms with Crippen molar-refractivity contribution in [2.75, 3.05) is 13.1 Å². The van der Waals surface area contributed by atoms with E-state index in [1.165, 1.54) is 6.07 Å². The number of hydrogen-bond acceptors (Lipinski definition) is 2. The van der Waals surface area contributed by atoms with Gasteiger partial charge in [-0.3, -0.25) is 0 Å². The van der Waals surface area contributed by atoms with Crippen LogP contribution in [-0.4, -0.2) is 19.1 Å². The van der Waals surface area contributed by atoms with Crippen molar-refractivity contribution in [3.63, 3.8) is 0 Å². The second-order valence-corrected chi connectivity index (χ2v) is 5.09. The quantitative estimate of drug-likeness (QED) is 0.757. The number of hydrogen-bond donors (Lipinski definition) is 2. The summed E-state index contributed by atoms with van der Waals surface area (Å²) in [5.41, 5.74) is 1.08. The first-order chi connectivity index (χ1) is 8.13. The Morgan fingerprint density at radius 2 is 2.18 bits per heavy atom. The molecular weight excluding hydrogens is 283 g/mol. The Hall–Kier alpha value is -0.450. The van der Waals surface area contributed by atoms with Gasteiger partial charge < -0.3 is 10.6 Å². The fraction of sp³-hybridized carbons (Fsp3) is 0.538. The summed E-state index contributed by atoms with van der Waals surface area (Å²) < 4.78 is 13.5. The number of nitrogens with one attached hydrogen (secondary N) is 2. The fourth-order valence-electron chi connectivity index (χ4n) is 1.51. The normalized spacial score (nSPS) is 12.7. The van der Waals surface area contributed by atoms with Crippen LogP contribution in [0.1, 0.15) is 25.8 Å². The van der Waals surface area contributed by atoms with Gasteiger partial charge in [-0.1, -0.05) is 13.0 Å². The molecule has 4 heteroatoms. The van der Waals surface area contributed by atoms with Crippen molar-refractivity contribution in [2.45, 2.75) is 32.9 Å². The van der Waals surface area contributed by atoms with Crippen LogP contribution in [-0.2, 0) is 6.54 Å². The maximum Gasteiger partial charge on any atom is 0.137 e. The predicted octanol–water partition coefficient (Wildman–Crippen LogP) is 3.07. The van der Waals surface area contributed by atoms with Crippen molar-refractivity contribution in [2.24, 2.45) is 0 Å². The third-order valence-corrected chi connectivity index (χ3v) is 3.12. The maximum absolute atomic E-state index is 13.0. The van der Waals surface area contributed by atoms with Gasteiger partial charge in [0.2, 0.25) is 0 Å². The summed E-state index contributed by atoms with van der Waals surface area (Å²) in [6.45, 7) is 7.06. The van der Waals surface area contributed by atoms with E-state index >= 15 is 0 Å². The van der Waals surface area contributed by atoms with E-state index in [2.05, 4.69) is 40.4 Å². The zero-order valence-electron chi connectivity index (χ0n) is 10.4. The Morgan fingerprint density at radius 3 is 2.82 bits per heavy atom. The van der Waals surface area contributed by atoms with Gasteiger partial charge in [-0.15, -0.1) is 0 Å². The molecule has 17 heavy (non-hydrogen) atoms. The highest BCUT2D eigenvalue weighted by molar-refractivity contribution is 9.10. The minimum atomic E-state index is -0.216. The average molecular weight is 303 g/mol. The predicted molar refractivity (Wildman–Crippen MR) is 73.6 cm³/mol. The summed E-state index contributed by atoms with van der Waals surface area (Å²) in [6, 6.07) is 5.51. The maximum atomic E-state index is 13.0. The zero-order valence-corrected chi connectivity index (χ0v) is 12.0. The molecule has 1 unspecified atom stereocenters. The van der Waals surface area contributed by atoms with E-state index in [4.69, 9.17) is 0 Å². The first-order valence-corrected chi connectivity index (χ1v) is 6.80. The molecule has 0 bridgehead atoms. The molecule has 0 aliphatic heterocycles. The minimum Gasteiger partial charge on any atom is -0.315 e. The average Bonchev–Trinajstić information content (AvgIpc) is 2.31. The van der Waals surface area contributed by atoms with Crippen molar-refractivity contribution in [1.29, 1.82) is 0 Å². The number of halogens is 2. The van der Waals surface area contributed by atoms with Gasteiger partial charge in [0.1, 0.15) is 5.82 Å². The van der Waals surface area contributed by atoms with Gasteiger partial charge in [-0.2, -0.15) is 0 Å². The first kappa shape index (κ1) is 14.6. The number of benzene rings is 1. The van der Waals surface area contributed by atoms with Crippen LogP contribution in [0.15, 0.2) is 22.7 Å². The van der Waals surface area contributed by atoms with Crippen LogP contribution in [0.5, 0.6) is 0 Å². The molecule has 96 valence electrons. The van der Waals surface area contributed by atoms with Crippen LogP contribution in [0.2, 0.25) is 0 Å². The molecule has 0 radical (unpaired) electrons. The van der Waals surface area contributed by atoms with Gasteiger partial charge in [-0.05, 0) is 53.5 Å². The topological polar surface area (TPSA) is 24.1 Å². The Labute approximate surface area is 111 Å². The van der Waals surface area contributed by atoms with Crippen molar-refractivity contribution >= 4 is 15.9 Å². The molecule has 0 saturated heterocycles. The highest BCUT2D eigenvalue weighted by Gasteiger charge is 2.03. The van der Waals surface area contributed by atoms with Gasteiger partial charge in [0.25, 0.3) is 0 Å². The summed E-state index contributed by atoms with van der Waals surface area (Å²) in [4.78, 5) is 0. The molecule has 0 amide bonds. The molecule has 0 saturated carbocycles. The highest BCUT2D eigenvalue weighted by atomic mass is 79.9. The molecule has 1 aromatic carbocycles. The molecule has 2 N–H and O–H groups in total. The third-order valence-electron chi connectivity index (χ3n) is 2.52. The summed E-state index contributed by atoms with van der Waals surface area (Å²) in [6.07, 6.45) is 1.15. The minimum absolute atomic E-state index is 0.216. The van der Waals surface area contributed by atoms with Crippen LogP contribution in [0.3, 0.4) is 0 Å². The van der Waals surface area contributed by atoms with Gasteiger partial charge in [0, 0.05) is 19.1 Å². The molecule has 0 spiro atoms. The van der Waals surface area contributed by atoms with Crippen LogP contribution in [0.25, 0.3) is 0 Å². The lowest BCUT2D eigenvalue weighted by Gasteiger charge is -2.14. The smallest absolute Gasteiger partial charge is 0.137 e. The standard InChI is InChI=1S/C13H20BrFN2/c1-3-6-16-8-10(2)17-9-11-4-5-13(15)12(14)7-11/h4-5,7,10,16-17H,3,6,8-9H2,1-2H3. The van der Waals surface area contributed by atoms with E-state index < -0.39 is 0 Å². The monoisotopic (exact) mass is 302 g/mol. The molecule has 0 fully saturated rings. The van der Waals surface area contributed by atoms with Gasteiger partial charge in [0.05, 0.1) is 4.47 Å². The summed E-state index contributed by atoms with van der Waals surface area (Å²) in [5, 5.41) is 6.76. The Bertz CT molecular complexity index is 344. The third kappa shape index (κ3) is 5.61. The molecule has 1 atom stereocenters. The van der Waals surface area contributed by atoms with Crippen molar-refractivity contribution in [3.8, 4) is 0 Å². The van der Waals surface area contributed by atoms with E-state index in [0.717, 1.165) is 31.6 Å². The van der Waals surface area contributed by atoms with E-state index in [1.807, 2.05) is 6.07 Å². The van der Waals surface area contributed by atoms with E-state index in [9.17, 15) is 4.39 Å². The van der Waals surface area contributed by atoms with Gasteiger partial charge >= 0.3 is 0 Å². The lowest BCUT2D eigenvalue weighted by molar-refractivity contribution is 0.501. The largest absolute Gasteiger partial charge is 0.315 e. The molecule has 2 nitrogen and oxygen atoms in total. The van der Waals surface area contributed by atoms with Gasteiger partial charge in [0.15, 0.2) is 0 Å². The Balaban J connectivity index is 2.31. The van der Waals surface area contributed by atoms with E-state index in [0.29, 0.717) is 10.5 Å². The van der Waals surface area contributed by atoms with E-state index in [-0.39, 0.29) is 5.82 Å². The zero-order chi connectivity index (χ0) is 12.7. The summed E-state index contributed by atoms with van der Waals surface area (Å²) in [5.74, 6) is -0.216. The van der Waals surface area contributed by atoms with Crippen molar-refractivity contribution in [3.05, 3.63) is 34.1 Å². The van der Waals surface area contributed by atoms with Crippen molar-refractivity contribution in [1.82, 2.24) is 10.6 Å². The SMILES string of the molecule is CCCNCC(C)NCc1ccc(F)c(Br)c1. The highest BCUT2D eigenvalue weighted by Crippen LogP contribution is 2.16. The molecule has 0 aliphatic carbocycles. The molecule has 1 aromatic rings. The molecule has 0 aliphatic rings. The van der Waals surface area contributed by atoms with Crippen LogP contribution in [0, 0.1) is 5.82 Å². The van der Waals surface area contributed by atoms with Crippen molar-refractivity contribution < 1.29 is 4.39 Å². The summed E-state index contributed by atoms with van der Waals surface area (Å²) in [7, 11) is 0. The Kier molecular flexibility index (Phi) is 6.70. The van der Waals surface area contributed by atoms with Gasteiger partial charge in [-0.25, -0.2) is 4.39 Å². The van der Waals surface area contributed by atoms with Crippen LogP contribution < -0.4 is 10.6 Å².